The van der Waals surface area contributed by atoms with Crippen molar-refractivity contribution in [1.29, 1.82) is 0 Å². The van der Waals surface area contributed by atoms with E-state index >= 15 is 0 Å². The third-order valence-electron chi connectivity index (χ3n) is 14.5. The number of hydrogen-bond acceptors (Lipinski definition) is 15. The first-order valence-electron chi connectivity index (χ1n) is 28.2. The molecule has 0 saturated carbocycles. The minimum Gasteiger partial charge on any atom is -0.377 e. The summed E-state index contributed by atoms with van der Waals surface area (Å²) in [6.07, 6.45) is 17.7. The Morgan fingerprint density at radius 2 is 0.976 bits per heavy atom. The summed E-state index contributed by atoms with van der Waals surface area (Å²) in [7, 11) is 0. The number of fused-ring (bicyclic) bond motifs is 2. The number of pyridine rings is 6. The van der Waals surface area contributed by atoms with Crippen molar-refractivity contribution in [2.24, 2.45) is 23.7 Å². The molecule has 6 aromatic heterocycles. The fraction of sp³-hybridized carbons (Fsp3) is 0.288. The van der Waals surface area contributed by atoms with Crippen molar-refractivity contribution < 1.29 is 62.4 Å². The number of aromatic nitrogens is 6. The molecule has 1 aromatic carbocycles. The molecule has 11 rings (SSSR count). The van der Waals surface area contributed by atoms with Crippen LogP contribution in [0.25, 0.3) is 40.2 Å². The molecule has 18 nitrogen and oxygen atoms in total. The van der Waals surface area contributed by atoms with Gasteiger partial charge in [-0.3, -0.25) is 63.7 Å². The molecule has 19 heteroatoms. The van der Waals surface area contributed by atoms with E-state index in [9.17, 15) is 24.0 Å². The molecule has 8 atom stereocenters. The summed E-state index contributed by atoms with van der Waals surface area (Å²) in [6.45, 7) is 9.37. The van der Waals surface area contributed by atoms with Crippen molar-refractivity contribution in [3.8, 4) is 34.2 Å². The number of carbonyl (C=O) groups is 5. The van der Waals surface area contributed by atoms with Crippen LogP contribution < -0.4 is 5.32 Å². The summed E-state index contributed by atoms with van der Waals surface area (Å²) in [6, 6.07) is 40.0. The predicted octanol–water partition coefficient (Wildman–Crippen LogP) is 8.49. The van der Waals surface area contributed by atoms with Crippen LogP contribution in [0.15, 0.2) is 195 Å². The first-order valence-corrected chi connectivity index (χ1v) is 28.2. The van der Waals surface area contributed by atoms with E-state index in [2.05, 4.69) is 41.8 Å². The van der Waals surface area contributed by atoms with Crippen molar-refractivity contribution in [3.05, 3.63) is 212 Å². The molecule has 85 heavy (non-hydrogen) atoms. The molecule has 4 saturated heterocycles. The molecule has 4 aliphatic rings. The Hall–Kier alpha value is -8.45. The molecule has 0 radical (unpaired) electrons. The molecule has 4 aliphatic heterocycles. The number of amides is 5. The molecule has 0 aliphatic carbocycles. The molecule has 5 amide bonds. The maximum atomic E-state index is 13.7. The smallest absolute Gasteiger partial charge is 0.251 e. The second kappa shape index (κ2) is 31.5. The van der Waals surface area contributed by atoms with Crippen molar-refractivity contribution in [1.82, 2.24) is 45.0 Å². The fourth-order valence-electron chi connectivity index (χ4n) is 10.3. The third kappa shape index (κ3) is 16.1. The molecule has 0 bridgehead atoms. The van der Waals surface area contributed by atoms with Crippen molar-refractivity contribution >= 4 is 35.6 Å². The summed E-state index contributed by atoms with van der Waals surface area (Å²) in [4.78, 5) is 95.3. The first-order chi connectivity index (χ1) is 41.1. The summed E-state index contributed by atoms with van der Waals surface area (Å²) < 4.78 is 23.8. The number of likely N-dealkylation sites (tertiary alicyclic amines) is 2. The quantitative estimate of drug-likeness (QED) is 0.0309. The van der Waals surface area contributed by atoms with E-state index in [1.807, 2.05) is 141 Å². The first kappa shape index (κ1) is 62.6. The van der Waals surface area contributed by atoms with E-state index in [1.54, 1.807) is 61.5 Å². The van der Waals surface area contributed by atoms with Gasteiger partial charge in [0.05, 0.1) is 115 Å². The van der Waals surface area contributed by atoms with Crippen LogP contribution in [0.5, 0.6) is 0 Å². The number of carbonyl (C=O) groups excluding carboxylic acids is 5. The summed E-state index contributed by atoms with van der Waals surface area (Å²) in [5.41, 5.74) is 7.40. The topological polar surface area (TPSA) is 218 Å². The third-order valence-corrected chi connectivity index (χ3v) is 14.5. The Morgan fingerprint density at radius 3 is 1.47 bits per heavy atom. The van der Waals surface area contributed by atoms with Gasteiger partial charge in [-0.25, -0.2) is 0 Å². The van der Waals surface area contributed by atoms with Gasteiger partial charge in [0.1, 0.15) is 0 Å². The molecule has 10 heterocycles. The number of imide groups is 2. The molecular weight excluding hydrogens is 1160 g/mol. The average molecular weight is 1230 g/mol. The Bertz CT molecular complexity index is 3240. The number of benzene rings is 1. The number of nitrogens with zero attached hydrogens (tertiary/aromatic N) is 8. The Balaban J connectivity index is 0.000000306. The molecule has 0 spiro atoms. The summed E-state index contributed by atoms with van der Waals surface area (Å²) in [5.74, 6) is -4.42. The van der Waals surface area contributed by atoms with Crippen LogP contribution in [-0.4, -0.2) is 140 Å². The van der Waals surface area contributed by atoms with E-state index < -0.39 is 48.1 Å². The number of rotatable bonds is 21. The van der Waals surface area contributed by atoms with Gasteiger partial charge in [-0.1, -0.05) is 98.3 Å². The van der Waals surface area contributed by atoms with Gasteiger partial charge in [0.15, 0.2) is 0 Å². The predicted molar refractivity (Wildman–Crippen MR) is 316 cm³/mol. The van der Waals surface area contributed by atoms with Gasteiger partial charge in [0.25, 0.3) is 5.91 Å². The van der Waals surface area contributed by atoms with E-state index in [1.165, 1.54) is 15.9 Å². The van der Waals surface area contributed by atoms with Crippen LogP contribution in [0.1, 0.15) is 41.3 Å². The van der Waals surface area contributed by atoms with Gasteiger partial charge < -0.3 is 24.3 Å². The van der Waals surface area contributed by atoms with Gasteiger partial charge in [-0.05, 0) is 97.3 Å². The monoisotopic (exact) mass is 1230 g/mol. The van der Waals surface area contributed by atoms with E-state index in [0.717, 1.165) is 40.3 Å². The average Bonchev–Trinajstić information content (AvgIpc) is 1.96. The van der Waals surface area contributed by atoms with Crippen LogP contribution >= 0.6 is 0 Å². The minimum atomic E-state index is -0.791. The molecule has 438 valence electrons. The SMILES string of the molecule is C=CC1OC(/C=C\C2OC(/C=C/c3ccccc3)C3C(=O)N(CCCC)C(=O)C23)C2C(=O)N(CCOCCOCCNC(=O)c3ccnc(-c4cc(C)ccn4)c3)C(=O)C12.[Ru].c1ccc(-c2ccccn2)nc1.c1ccc(-c2ccccn2)nc1. The molecule has 4 fully saturated rings. The summed E-state index contributed by atoms with van der Waals surface area (Å²) >= 11 is 0. The number of ether oxygens (including phenoxy) is 4. The number of hydrogen-bond donors (Lipinski definition) is 1. The zero-order valence-electron chi connectivity index (χ0n) is 47.3. The van der Waals surface area contributed by atoms with Crippen LogP contribution in [0, 0.1) is 30.6 Å². The van der Waals surface area contributed by atoms with Crippen LogP contribution in [0.3, 0.4) is 0 Å². The second-order valence-corrected chi connectivity index (χ2v) is 20.1. The zero-order valence-corrected chi connectivity index (χ0v) is 49.0. The van der Waals surface area contributed by atoms with Crippen LogP contribution in [-0.2, 0) is 57.6 Å². The fourth-order valence-corrected chi connectivity index (χ4v) is 10.3. The Morgan fingerprint density at radius 1 is 0.529 bits per heavy atom. The normalized spacial score (nSPS) is 21.2. The van der Waals surface area contributed by atoms with Gasteiger partial charge in [-0.2, -0.15) is 0 Å². The molecule has 1 N–H and O–H groups in total. The van der Waals surface area contributed by atoms with Crippen LogP contribution in [0.4, 0.5) is 0 Å². The Kier molecular flexibility index (Phi) is 23.2. The van der Waals surface area contributed by atoms with Crippen molar-refractivity contribution in [3.63, 3.8) is 0 Å². The van der Waals surface area contributed by atoms with E-state index in [-0.39, 0.29) is 88.5 Å². The van der Waals surface area contributed by atoms with E-state index in [4.69, 9.17) is 18.9 Å². The zero-order chi connectivity index (χ0) is 58.6. The second-order valence-electron chi connectivity index (χ2n) is 20.1. The summed E-state index contributed by atoms with van der Waals surface area (Å²) in [5, 5.41) is 2.83. The maximum absolute atomic E-state index is 13.7. The van der Waals surface area contributed by atoms with Crippen LogP contribution in [0.2, 0.25) is 0 Å². The number of unbranched alkanes of at least 4 members (excludes halogenated alkanes) is 1. The molecule has 7 aromatic rings. The van der Waals surface area contributed by atoms with Crippen molar-refractivity contribution in [2.45, 2.75) is 51.1 Å². The van der Waals surface area contributed by atoms with Gasteiger partial charge in [0.2, 0.25) is 23.6 Å². The number of nitrogens with one attached hydrogen (secondary N) is 1. The van der Waals surface area contributed by atoms with Gasteiger partial charge in [0, 0.05) is 75.3 Å². The van der Waals surface area contributed by atoms with E-state index in [0.29, 0.717) is 29.9 Å². The largest absolute Gasteiger partial charge is 0.377 e. The minimum absolute atomic E-state index is 0. The van der Waals surface area contributed by atoms with Gasteiger partial charge >= 0.3 is 0 Å². The number of aryl methyl sites for hydroxylation is 1. The maximum Gasteiger partial charge on any atom is 0.251 e. The molecular formula is C66H67N9O9Ru. The Labute approximate surface area is 507 Å². The van der Waals surface area contributed by atoms with Crippen molar-refractivity contribution in [2.75, 3.05) is 46.1 Å². The standard InChI is InChI=1S/C46H51N5O9.2C10H8N2.Ru/c1-4-6-21-50-44(54)40-35(13-12-30-10-8-7-9-11-30)60-37(41(40)45(50)55)15-14-36-39-38(34(5-2)59-36)43(53)51(46(39)56)22-24-58-26-25-57-23-20-49-42(52)31-17-19-48-33(28-31)32-27-29(3)16-18-47-32;2*1-3-7-11-9(5-1)10-6-2-4-8-12-10;/h5,7-19,27-28,34-41H,2,4,6,20-26H2,1,3H3,(H,49,52);2*1-8H;/b13-12+,15-14-;;;. The molecule has 8 unspecified atom stereocenters. The van der Waals surface area contributed by atoms with Gasteiger partial charge in [-0.15, -0.1) is 6.58 Å².